The van der Waals surface area contributed by atoms with Crippen LogP contribution in [0, 0.1) is 25.2 Å². The van der Waals surface area contributed by atoms with E-state index >= 15 is 0 Å². The van der Waals surface area contributed by atoms with E-state index in [0.29, 0.717) is 18.0 Å². The highest BCUT2D eigenvalue weighted by Gasteiger charge is 2.12. The molecule has 6 nitrogen and oxygen atoms in total. The molecule has 3 rings (SSSR count). The summed E-state index contributed by atoms with van der Waals surface area (Å²) in [6.07, 6.45) is 1.88. The summed E-state index contributed by atoms with van der Waals surface area (Å²) in [5.74, 6) is 1.30. The first-order valence-corrected chi connectivity index (χ1v) is 8.39. The smallest absolute Gasteiger partial charge is 0.149 e. The van der Waals surface area contributed by atoms with Crippen LogP contribution in [0.2, 0.25) is 0 Å². The Morgan fingerprint density at radius 2 is 2.12 bits per heavy atom. The van der Waals surface area contributed by atoms with Crippen LogP contribution in [0.4, 0.5) is 0 Å². The first kappa shape index (κ1) is 17.8. The Kier molecular flexibility index (Phi) is 5.10. The number of aryl methyl sites for hydroxylation is 1. The fourth-order valence-corrected chi connectivity index (χ4v) is 3.05. The van der Waals surface area contributed by atoms with Crippen molar-refractivity contribution in [3.8, 4) is 11.8 Å². The maximum Gasteiger partial charge on any atom is 0.149 e. The van der Waals surface area contributed by atoms with E-state index in [9.17, 15) is 5.26 Å². The molecule has 0 radical (unpaired) electrons. The zero-order valence-electron chi connectivity index (χ0n) is 15.5. The minimum atomic E-state index is 0.493. The number of aromatic nitrogens is 3. The van der Waals surface area contributed by atoms with Crippen LogP contribution in [0.1, 0.15) is 22.8 Å². The number of aromatic amines is 1. The van der Waals surface area contributed by atoms with Crippen molar-refractivity contribution in [2.24, 2.45) is 0 Å². The van der Waals surface area contributed by atoms with Crippen molar-refractivity contribution in [2.45, 2.75) is 20.4 Å². The highest BCUT2D eigenvalue weighted by atomic mass is 16.5. The van der Waals surface area contributed by atoms with Crippen LogP contribution in [0.3, 0.4) is 0 Å². The molecule has 0 aliphatic carbocycles. The summed E-state index contributed by atoms with van der Waals surface area (Å²) in [4.78, 5) is 7.74. The summed E-state index contributed by atoms with van der Waals surface area (Å²) in [6, 6.07) is 9.94. The average molecular weight is 350 g/mol. The van der Waals surface area contributed by atoms with E-state index in [4.69, 9.17) is 9.47 Å². The largest absolute Gasteiger partial charge is 0.497 e. The van der Waals surface area contributed by atoms with Crippen molar-refractivity contribution in [3.63, 3.8) is 0 Å². The monoisotopic (exact) mass is 350 g/mol. The molecule has 0 unspecified atom stereocenters. The zero-order valence-corrected chi connectivity index (χ0v) is 15.5. The maximum absolute atomic E-state index is 9.65. The van der Waals surface area contributed by atoms with Crippen LogP contribution in [-0.2, 0) is 11.3 Å². The van der Waals surface area contributed by atoms with Gasteiger partial charge in [-0.05, 0) is 43.7 Å². The highest BCUT2D eigenvalue weighted by Crippen LogP contribution is 2.24. The topological polar surface area (TPSA) is 75.9 Å². The second kappa shape index (κ2) is 7.46. The molecular weight excluding hydrogens is 328 g/mol. The van der Waals surface area contributed by atoms with E-state index in [1.165, 1.54) is 0 Å². The molecule has 26 heavy (non-hydrogen) atoms. The Hall–Kier alpha value is -3.04. The van der Waals surface area contributed by atoms with E-state index < -0.39 is 0 Å². The first-order chi connectivity index (χ1) is 12.6. The normalized spacial score (nSPS) is 11.7. The second-order valence-corrected chi connectivity index (χ2v) is 6.11. The predicted octanol–water partition coefficient (Wildman–Crippen LogP) is 3.70. The molecule has 1 aromatic carbocycles. The third kappa shape index (κ3) is 3.35. The SMILES string of the molecule is COCCn1c(C)cc(/C=C(/C#N)c2nc3ccc(OC)cc3[nH]2)c1C. The van der Waals surface area contributed by atoms with Crippen molar-refractivity contribution in [2.75, 3.05) is 20.8 Å². The van der Waals surface area contributed by atoms with E-state index in [-0.39, 0.29) is 0 Å². The molecule has 1 N–H and O–H groups in total. The second-order valence-electron chi connectivity index (χ2n) is 6.11. The molecule has 0 atom stereocenters. The zero-order chi connectivity index (χ0) is 18.7. The van der Waals surface area contributed by atoms with Crippen molar-refractivity contribution >= 4 is 22.7 Å². The third-order valence-electron chi connectivity index (χ3n) is 4.50. The molecule has 2 aromatic heterocycles. The molecule has 0 aliphatic rings. The molecule has 134 valence electrons. The molecule has 0 saturated heterocycles. The minimum absolute atomic E-state index is 0.493. The molecular formula is C20H22N4O2. The number of hydrogen-bond acceptors (Lipinski definition) is 4. The maximum atomic E-state index is 9.65. The molecule has 2 heterocycles. The number of H-pyrrole nitrogens is 1. The van der Waals surface area contributed by atoms with Gasteiger partial charge in [0, 0.05) is 31.1 Å². The van der Waals surface area contributed by atoms with Crippen LogP contribution < -0.4 is 4.74 Å². The van der Waals surface area contributed by atoms with Gasteiger partial charge in [-0.2, -0.15) is 5.26 Å². The van der Waals surface area contributed by atoms with Gasteiger partial charge in [0.15, 0.2) is 0 Å². The quantitative estimate of drug-likeness (QED) is 0.688. The number of benzene rings is 1. The number of rotatable bonds is 6. The van der Waals surface area contributed by atoms with Gasteiger partial charge in [0.25, 0.3) is 0 Å². The lowest BCUT2D eigenvalue weighted by molar-refractivity contribution is 0.186. The number of nitrogens with zero attached hydrogens (tertiary/aromatic N) is 3. The summed E-state index contributed by atoms with van der Waals surface area (Å²) in [7, 11) is 3.32. The molecule has 6 heteroatoms. The van der Waals surface area contributed by atoms with Gasteiger partial charge in [-0.25, -0.2) is 4.98 Å². The number of allylic oxidation sites excluding steroid dienone is 1. The number of nitrogens with one attached hydrogen (secondary N) is 1. The average Bonchev–Trinajstić information content (AvgIpc) is 3.18. The van der Waals surface area contributed by atoms with Gasteiger partial charge in [-0.15, -0.1) is 0 Å². The molecule has 0 amide bonds. The van der Waals surface area contributed by atoms with Crippen LogP contribution in [0.15, 0.2) is 24.3 Å². The van der Waals surface area contributed by atoms with Crippen LogP contribution >= 0.6 is 0 Å². The van der Waals surface area contributed by atoms with E-state index in [0.717, 1.165) is 40.3 Å². The summed E-state index contributed by atoms with van der Waals surface area (Å²) >= 11 is 0. The van der Waals surface area contributed by atoms with Crippen LogP contribution in [0.25, 0.3) is 22.7 Å². The number of hydrogen-bond donors (Lipinski definition) is 1. The van der Waals surface area contributed by atoms with Gasteiger partial charge < -0.3 is 19.0 Å². The van der Waals surface area contributed by atoms with Crippen LogP contribution in [-0.4, -0.2) is 35.4 Å². The predicted molar refractivity (Wildman–Crippen MR) is 102 cm³/mol. The Bertz CT molecular complexity index is 1000. The lowest BCUT2D eigenvalue weighted by Crippen LogP contribution is -2.07. The molecule has 3 aromatic rings. The van der Waals surface area contributed by atoms with Crippen molar-refractivity contribution in [3.05, 3.63) is 47.0 Å². The van der Waals surface area contributed by atoms with Crippen LogP contribution in [0.5, 0.6) is 5.75 Å². The van der Waals surface area contributed by atoms with E-state index in [1.807, 2.05) is 31.2 Å². The number of fused-ring (bicyclic) bond motifs is 1. The summed E-state index contributed by atoms with van der Waals surface area (Å²) < 4.78 is 12.6. The lowest BCUT2D eigenvalue weighted by atomic mass is 10.1. The van der Waals surface area contributed by atoms with Gasteiger partial charge in [-0.1, -0.05) is 0 Å². The first-order valence-electron chi connectivity index (χ1n) is 8.39. The standard InChI is InChI=1S/C20H22N4O2/c1-13-9-15(14(2)24(13)7-8-25-3)10-16(12-21)20-22-18-6-5-17(26-4)11-19(18)23-20/h5-6,9-11H,7-8H2,1-4H3,(H,22,23)/b16-10-. The van der Waals surface area contributed by atoms with E-state index in [1.54, 1.807) is 14.2 Å². The van der Waals surface area contributed by atoms with Gasteiger partial charge in [0.1, 0.15) is 17.6 Å². The summed E-state index contributed by atoms with van der Waals surface area (Å²) in [5.41, 5.74) is 5.38. The highest BCUT2D eigenvalue weighted by molar-refractivity contribution is 5.91. The fraction of sp³-hybridized carbons (Fsp3) is 0.300. The molecule has 0 bridgehead atoms. The molecule has 0 saturated carbocycles. The Labute approximate surface area is 152 Å². The fourth-order valence-electron chi connectivity index (χ4n) is 3.05. The number of imidazole rings is 1. The minimum Gasteiger partial charge on any atom is -0.497 e. The Morgan fingerprint density at radius 1 is 1.31 bits per heavy atom. The number of nitriles is 1. The molecule has 0 spiro atoms. The summed E-state index contributed by atoms with van der Waals surface area (Å²) in [5, 5.41) is 9.65. The van der Waals surface area contributed by atoms with Gasteiger partial charge in [-0.3, -0.25) is 0 Å². The van der Waals surface area contributed by atoms with Gasteiger partial charge in [0.2, 0.25) is 0 Å². The third-order valence-corrected chi connectivity index (χ3v) is 4.50. The number of ether oxygens (including phenoxy) is 2. The lowest BCUT2D eigenvalue weighted by Gasteiger charge is -2.08. The Balaban J connectivity index is 2.00. The Morgan fingerprint density at radius 3 is 2.81 bits per heavy atom. The van der Waals surface area contributed by atoms with Crippen molar-refractivity contribution in [1.82, 2.24) is 14.5 Å². The van der Waals surface area contributed by atoms with Crippen molar-refractivity contribution < 1.29 is 9.47 Å². The van der Waals surface area contributed by atoms with Gasteiger partial charge >= 0.3 is 0 Å². The molecule has 0 fully saturated rings. The molecule has 0 aliphatic heterocycles. The van der Waals surface area contributed by atoms with Crippen molar-refractivity contribution in [1.29, 1.82) is 5.26 Å². The number of methoxy groups -OCH3 is 2. The van der Waals surface area contributed by atoms with Gasteiger partial charge in [0.05, 0.1) is 30.3 Å². The summed E-state index contributed by atoms with van der Waals surface area (Å²) in [6.45, 7) is 5.54. The van der Waals surface area contributed by atoms with E-state index in [2.05, 4.69) is 33.6 Å².